The van der Waals surface area contributed by atoms with Crippen molar-refractivity contribution in [2.45, 2.75) is 4.90 Å². The molecule has 0 aliphatic carbocycles. The first-order valence-corrected chi connectivity index (χ1v) is 8.26. The Labute approximate surface area is 120 Å². The van der Waals surface area contributed by atoms with Gasteiger partial charge in [-0.15, -0.1) is 0 Å². The number of carboxylic acids is 1. The molecule has 0 aromatic heterocycles. The number of rotatable bonds is 5. The number of aliphatic carboxylic acids is 1. The van der Waals surface area contributed by atoms with E-state index in [1.165, 1.54) is 0 Å². The second-order valence-corrected chi connectivity index (χ2v) is 7.59. The van der Waals surface area contributed by atoms with E-state index in [1.54, 1.807) is 24.3 Å². The van der Waals surface area contributed by atoms with Gasteiger partial charge >= 0.3 is 5.97 Å². The maximum atomic E-state index is 12.0. The van der Waals surface area contributed by atoms with Gasteiger partial charge in [0.05, 0.1) is 16.6 Å². The first-order valence-electron chi connectivity index (χ1n) is 5.82. The van der Waals surface area contributed by atoms with Crippen LogP contribution in [0.25, 0.3) is 0 Å². The number of hydrogen-bond acceptors (Lipinski definition) is 4. The molecule has 1 fully saturated rings. The molecule has 0 unspecified atom stereocenters. The van der Waals surface area contributed by atoms with Crippen molar-refractivity contribution < 1.29 is 18.3 Å². The van der Waals surface area contributed by atoms with Gasteiger partial charge in [0.15, 0.2) is 9.84 Å². The third kappa shape index (κ3) is 3.55. The highest BCUT2D eigenvalue weighted by Gasteiger charge is 2.32. The molecule has 1 N–H and O–H groups in total. The van der Waals surface area contributed by atoms with Crippen molar-refractivity contribution in [3.63, 3.8) is 0 Å². The molecule has 104 valence electrons. The molecule has 0 spiro atoms. The Kier molecular flexibility index (Phi) is 4.27. The van der Waals surface area contributed by atoms with Crippen LogP contribution in [0, 0.1) is 5.92 Å². The molecule has 1 aliphatic heterocycles. The molecule has 0 bridgehead atoms. The van der Waals surface area contributed by atoms with Crippen LogP contribution < -0.4 is 0 Å². The zero-order valence-corrected chi connectivity index (χ0v) is 12.5. The molecule has 5 nitrogen and oxygen atoms in total. The van der Waals surface area contributed by atoms with Crippen LogP contribution >= 0.6 is 15.9 Å². The van der Waals surface area contributed by atoms with E-state index in [0.29, 0.717) is 24.5 Å². The largest absolute Gasteiger partial charge is 0.481 e. The summed E-state index contributed by atoms with van der Waals surface area (Å²) in [7, 11) is -3.30. The van der Waals surface area contributed by atoms with Crippen molar-refractivity contribution in [2.24, 2.45) is 5.92 Å². The third-order valence-electron chi connectivity index (χ3n) is 3.16. The van der Waals surface area contributed by atoms with Crippen LogP contribution in [-0.4, -0.2) is 49.8 Å². The number of benzene rings is 1. The van der Waals surface area contributed by atoms with Gasteiger partial charge in [-0.1, -0.05) is 15.9 Å². The Balaban J connectivity index is 1.89. The highest BCUT2D eigenvalue weighted by atomic mass is 79.9. The quantitative estimate of drug-likeness (QED) is 0.867. The molecule has 1 saturated heterocycles. The third-order valence-corrected chi connectivity index (χ3v) is 5.39. The van der Waals surface area contributed by atoms with E-state index in [1.807, 2.05) is 4.90 Å². The standard InChI is InChI=1S/C12H14BrNO4S/c13-10-1-3-11(4-2-10)19(17,18)6-5-14-7-9(8-14)12(15)16/h1-4,9H,5-8H2,(H,15,16). The van der Waals surface area contributed by atoms with Crippen molar-refractivity contribution in [2.75, 3.05) is 25.4 Å². The number of sulfone groups is 1. The van der Waals surface area contributed by atoms with E-state index in [4.69, 9.17) is 5.11 Å². The second-order valence-electron chi connectivity index (χ2n) is 4.57. The highest BCUT2D eigenvalue weighted by Crippen LogP contribution is 2.18. The Morgan fingerprint density at radius 1 is 1.32 bits per heavy atom. The molecular formula is C12H14BrNO4S. The van der Waals surface area contributed by atoms with Crippen molar-refractivity contribution in [1.29, 1.82) is 0 Å². The Morgan fingerprint density at radius 2 is 1.89 bits per heavy atom. The van der Waals surface area contributed by atoms with Crippen LogP contribution in [-0.2, 0) is 14.6 Å². The van der Waals surface area contributed by atoms with Crippen molar-refractivity contribution in [1.82, 2.24) is 4.90 Å². The smallest absolute Gasteiger partial charge is 0.309 e. The normalized spacial score (nSPS) is 17.1. The molecule has 2 rings (SSSR count). The van der Waals surface area contributed by atoms with E-state index in [2.05, 4.69) is 15.9 Å². The van der Waals surface area contributed by atoms with E-state index < -0.39 is 15.8 Å². The molecule has 0 amide bonds. The number of likely N-dealkylation sites (tertiary alicyclic amines) is 1. The van der Waals surface area contributed by atoms with Crippen LogP contribution in [0.15, 0.2) is 33.6 Å². The summed E-state index contributed by atoms with van der Waals surface area (Å²) in [5.41, 5.74) is 0. The monoisotopic (exact) mass is 347 g/mol. The van der Waals surface area contributed by atoms with Crippen LogP contribution in [0.4, 0.5) is 0 Å². The molecule has 0 saturated carbocycles. The average Bonchev–Trinajstić information content (AvgIpc) is 2.26. The number of carbonyl (C=O) groups is 1. The van der Waals surface area contributed by atoms with Crippen molar-refractivity contribution in [3.05, 3.63) is 28.7 Å². The number of nitrogens with zero attached hydrogens (tertiary/aromatic N) is 1. The van der Waals surface area contributed by atoms with Gasteiger partial charge in [-0.2, -0.15) is 0 Å². The molecule has 0 radical (unpaired) electrons. The number of carboxylic acid groups (broad SMARTS) is 1. The Hall–Kier alpha value is -0.920. The minimum Gasteiger partial charge on any atom is -0.481 e. The zero-order chi connectivity index (χ0) is 14.0. The predicted molar refractivity (Wildman–Crippen MR) is 73.8 cm³/mol. The van der Waals surface area contributed by atoms with Gasteiger partial charge in [0.25, 0.3) is 0 Å². The van der Waals surface area contributed by atoms with Gasteiger partial charge in [0.2, 0.25) is 0 Å². The molecular weight excluding hydrogens is 334 g/mol. The topological polar surface area (TPSA) is 74.7 Å². The van der Waals surface area contributed by atoms with Gasteiger partial charge in [0, 0.05) is 24.1 Å². The van der Waals surface area contributed by atoms with E-state index in [9.17, 15) is 13.2 Å². The summed E-state index contributed by atoms with van der Waals surface area (Å²) >= 11 is 3.26. The lowest BCUT2D eigenvalue weighted by Crippen LogP contribution is -2.51. The zero-order valence-electron chi connectivity index (χ0n) is 10.1. The minimum absolute atomic E-state index is 0.0149. The summed E-state index contributed by atoms with van der Waals surface area (Å²) < 4.78 is 24.9. The lowest BCUT2D eigenvalue weighted by atomic mass is 10.0. The molecule has 19 heavy (non-hydrogen) atoms. The second kappa shape index (κ2) is 5.60. The van der Waals surface area contributed by atoms with Crippen LogP contribution in [0.2, 0.25) is 0 Å². The van der Waals surface area contributed by atoms with Crippen LogP contribution in [0.1, 0.15) is 0 Å². The minimum atomic E-state index is -3.30. The van der Waals surface area contributed by atoms with E-state index in [-0.39, 0.29) is 11.7 Å². The lowest BCUT2D eigenvalue weighted by Gasteiger charge is -2.36. The summed E-state index contributed by atoms with van der Waals surface area (Å²) in [4.78, 5) is 12.8. The summed E-state index contributed by atoms with van der Waals surface area (Å²) in [5, 5.41) is 8.73. The molecule has 1 aromatic rings. The average molecular weight is 348 g/mol. The first-order chi connectivity index (χ1) is 8.88. The fourth-order valence-electron chi connectivity index (χ4n) is 1.92. The van der Waals surface area contributed by atoms with Crippen molar-refractivity contribution in [3.8, 4) is 0 Å². The Bertz CT molecular complexity index is 564. The summed E-state index contributed by atoms with van der Waals surface area (Å²) in [6.45, 7) is 1.25. The summed E-state index contributed by atoms with van der Waals surface area (Å²) in [6, 6.07) is 6.51. The van der Waals surface area contributed by atoms with E-state index >= 15 is 0 Å². The van der Waals surface area contributed by atoms with Gasteiger partial charge < -0.3 is 10.0 Å². The van der Waals surface area contributed by atoms with Gasteiger partial charge in [-0.3, -0.25) is 4.79 Å². The summed E-state index contributed by atoms with van der Waals surface area (Å²) in [5.74, 6) is -1.15. The van der Waals surface area contributed by atoms with Gasteiger partial charge in [0.1, 0.15) is 0 Å². The Morgan fingerprint density at radius 3 is 2.42 bits per heavy atom. The SMILES string of the molecule is O=C(O)C1CN(CCS(=O)(=O)c2ccc(Br)cc2)C1. The molecule has 1 heterocycles. The predicted octanol–water partition coefficient (Wildman–Crippen LogP) is 1.24. The van der Waals surface area contributed by atoms with Crippen LogP contribution in [0.3, 0.4) is 0 Å². The molecule has 1 aromatic carbocycles. The maximum absolute atomic E-state index is 12.0. The van der Waals surface area contributed by atoms with Crippen LogP contribution in [0.5, 0.6) is 0 Å². The summed E-state index contributed by atoms with van der Waals surface area (Å²) in [6.07, 6.45) is 0. The molecule has 0 atom stereocenters. The number of halogens is 1. The first kappa shape index (κ1) is 14.5. The lowest BCUT2D eigenvalue weighted by molar-refractivity contribution is -0.147. The fraction of sp³-hybridized carbons (Fsp3) is 0.417. The van der Waals surface area contributed by atoms with Gasteiger partial charge in [-0.05, 0) is 24.3 Å². The molecule has 7 heteroatoms. The fourth-order valence-corrected chi connectivity index (χ4v) is 3.47. The molecule has 1 aliphatic rings. The highest BCUT2D eigenvalue weighted by molar-refractivity contribution is 9.10. The van der Waals surface area contributed by atoms with Crippen molar-refractivity contribution >= 4 is 31.7 Å². The van der Waals surface area contributed by atoms with E-state index in [0.717, 1.165) is 4.47 Å². The van der Waals surface area contributed by atoms with Gasteiger partial charge in [-0.25, -0.2) is 8.42 Å². The maximum Gasteiger partial charge on any atom is 0.309 e. The number of hydrogen-bond donors (Lipinski definition) is 1.